The van der Waals surface area contributed by atoms with E-state index in [0.717, 1.165) is 12.8 Å². The van der Waals surface area contributed by atoms with Crippen LogP contribution in [0.3, 0.4) is 0 Å². The largest absolute Gasteiger partial charge is 0.339 e. The van der Waals surface area contributed by atoms with Gasteiger partial charge in [0.15, 0.2) is 5.69 Å². The lowest BCUT2D eigenvalue weighted by atomic mass is 9.94. The van der Waals surface area contributed by atoms with E-state index in [1.807, 2.05) is 0 Å². The van der Waals surface area contributed by atoms with Crippen LogP contribution in [0, 0.1) is 11.7 Å². The van der Waals surface area contributed by atoms with Crippen LogP contribution in [0.5, 0.6) is 0 Å². The van der Waals surface area contributed by atoms with Gasteiger partial charge < -0.3 is 9.42 Å². The first kappa shape index (κ1) is 17.3. The molecular formula is C18H19FN6O2. The molecule has 1 saturated heterocycles. The summed E-state index contributed by atoms with van der Waals surface area (Å²) in [4.78, 5) is 18.7. The highest BCUT2D eigenvalue weighted by Gasteiger charge is 2.27. The van der Waals surface area contributed by atoms with E-state index >= 15 is 0 Å². The molecule has 1 aromatic carbocycles. The molecule has 9 heteroatoms. The van der Waals surface area contributed by atoms with Gasteiger partial charge in [-0.1, -0.05) is 22.5 Å². The molecule has 0 saturated carbocycles. The third kappa shape index (κ3) is 3.71. The Balaban J connectivity index is 1.43. The molecule has 0 bridgehead atoms. The van der Waals surface area contributed by atoms with Gasteiger partial charge in [-0.3, -0.25) is 9.48 Å². The molecule has 1 amide bonds. The first-order chi connectivity index (χ1) is 13.1. The van der Waals surface area contributed by atoms with Gasteiger partial charge in [0.2, 0.25) is 11.7 Å². The molecule has 8 nitrogen and oxygen atoms in total. The third-order valence-electron chi connectivity index (χ3n) is 4.67. The van der Waals surface area contributed by atoms with Crippen LogP contribution < -0.4 is 0 Å². The monoisotopic (exact) mass is 370 g/mol. The maximum Gasteiger partial charge on any atom is 0.276 e. The first-order valence-corrected chi connectivity index (χ1v) is 8.83. The summed E-state index contributed by atoms with van der Waals surface area (Å²) in [5.74, 6) is 0.389. The van der Waals surface area contributed by atoms with Crippen molar-refractivity contribution in [2.45, 2.75) is 19.3 Å². The SMILES string of the molecule is Cn1cc(C(=O)N2CCC[C@H](Cc3nc(-c4ccccc4F)no3)C2)nn1. The molecule has 3 aromatic rings. The Morgan fingerprint density at radius 2 is 2.22 bits per heavy atom. The summed E-state index contributed by atoms with van der Waals surface area (Å²) in [6, 6.07) is 6.32. The number of aromatic nitrogens is 5. The minimum absolute atomic E-state index is 0.120. The molecule has 1 atom stereocenters. The van der Waals surface area contributed by atoms with E-state index in [1.165, 1.54) is 10.7 Å². The zero-order valence-corrected chi connectivity index (χ0v) is 14.9. The lowest BCUT2D eigenvalue weighted by molar-refractivity contribution is 0.0662. The molecule has 1 aliphatic heterocycles. The molecule has 0 spiro atoms. The van der Waals surface area contributed by atoms with E-state index in [9.17, 15) is 9.18 Å². The van der Waals surface area contributed by atoms with Gasteiger partial charge in [0.05, 0.1) is 11.8 Å². The van der Waals surface area contributed by atoms with Crippen molar-refractivity contribution in [3.63, 3.8) is 0 Å². The molecule has 140 valence electrons. The number of aryl methyl sites for hydroxylation is 1. The number of amides is 1. The second-order valence-corrected chi connectivity index (χ2v) is 6.73. The van der Waals surface area contributed by atoms with Crippen LogP contribution in [0.25, 0.3) is 11.4 Å². The van der Waals surface area contributed by atoms with Gasteiger partial charge in [0.1, 0.15) is 5.82 Å². The average molecular weight is 370 g/mol. The Morgan fingerprint density at radius 1 is 1.37 bits per heavy atom. The lowest BCUT2D eigenvalue weighted by Crippen LogP contribution is -2.40. The number of hydrogen-bond donors (Lipinski definition) is 0. The maximum atomic E-state index is 13.9. The number of rotatable bonds is 4. The Labute approximate surface area is 155 Å². The van der Waals surface area contributed by atoms with Crippen molar-refractivity contribution in [1.82, 2.24) is 30.0 Å². The van der Waals surface area contributed by atoms with Crippen LogP contribution in [-0.2, 0) is 13.5 Å². The molecule has 0 unspecified atom stereocenters. The van der Waals surface area contributed by atoms with Crippen LogP contribution >= 0.6 is 0 Å². The van der Waals surface area contributed by atoms with Crippen LogP contribution in [-0.4, -0.2) is 49.0 Å². The topological polar surface area (TPSA) is 89.9 Å². The van der Waals surface area contributed by atoms with Crippen LogP contribution in [0.15, 0.2) is 35.0 Å². The van der Waals surface area contributed by atoms with Crippen molar-refractivity contribution >= 4 is 5.91 Å². The quantitative estimate of drug-likeness (QED) is 0.699. The van der Waals surface area contributed by atoms with Gasteiger partial charge >= 0.3 is 0 Å². The van der Waals surface area contributed by atoms with Crippen molar-refractivity contribution in [2.24, 2.45) is 13.0 Å². The summed E-state index contributed by atoms with van der Waals surface area (Å²) in [5, 5.41) is 11.6. The fourth-order valence-electron chi connectivity index (χ4n) is 3.36. The van der Waals surface area contributed by atoms with Gasteiger partial charge in [-0.2, -0.15) is 4.98 Å². The highest BCUT2D eigenvalue weighted by Crippen LogP contribution is 2.24. The van der Waals surface area contributed by atoms with Crippen molar-refractivity contribution < 1.29 is 13.7 Å². The van der Waals surface area contributed by atoms with Crippen molar-refractivity contribution in [3.8, 4) is 11.4 Å². The van der Waals surface area contributed by atoms with Crippen molar-refractivity contribution in [3.05, 3.63) is 47.9 Å². The van der Waals surface area contributed by atoms with Crippen molar-refractivity contribution in [2.75, 3.05) is 13.1 Å². The first-order valence-electron chi connectivity index (χ1n) is 8.83. The molecule has 0 N–H and O–H groups in total. The molecule has 0 radical (unpaired) electrons. The second kappa shape index (κ2) is 7.26. The molecule has 1 aliphatic rings. The molecular weight excluding hydrogens is 351 g/mol. The molecule has 27 heavy (non-hydrogen) atoms. The number of benzene rings is 1. The van der Waals surface area contributed by atoms with Gasteiger partial charge in [0, 0.05) is 26.6 Å². The minimum Gasteiger partial charge on any atom is -0.339 e. The van der Waals surface area contributed by atoms with Crippen LogP contribution in [0.1, 0.15) is 29.2 Å². The maximum absolute atomic E-state index is 13.9. The number of halogens is 1. The number of carbonyl (C=O) groups is 1. The van der Waals surface area contributed by atoms with E-state index < -0.39 is 0 Å². The number of likely N-dealkylation sites (tertiary alicyclic amines) is 1. The molecule has 1 fully saturated rings. The number of hydrogen-bond acceptors (Lipinski definition) is 6. The van der Waals surface area contributed by atoms with E-state index in [0.29, 0.717) is 36.7 Å². The standard InChI is InChI=1S/C18H19FN6O2/c1-24-11-15(21-23-24)18(26)25-8-4-5-12(10-25)9-16-20-17(22-27-16)13-6-2-3-7-14(13)19/h2-3,6-7,11-12H,4-5,8-10H2,1H3/t12-/m1/s1. The Kier molecular flexibility index (Phi) is 4.66. The van der Waals surface area contributed by atoms with Crippen LogP contribution in [0.4, 0.5) is 4.39 Å². The smallest absolute Gasteiger partial charge is 0.276 e. The predicted octanol–water partition coefficient (Wildman–Crippen LogP) is 2.10. The Bertz CT molecular complexity index is 953. The number of nitrogens with zero attached hydrogens (tertiary/aromatic N) is 6. The van der Waals surface area contributed by atoms with Gasteiger partial charge in [-0.05, 0) is 30.9 Å². The summed E-state index contributed by atoms with van der Waals surface area (Å²) in [6.07, 6.45) is 4.02. The van der Waals surface area contributed by atoms with Gasteiger partial charge in [0.25, 0.3) is 5.91 Å². The van der Waals surface area contributed by atoms with Gasteiger partial charge in [-0.15, -0.1) is 5.10 Å². The molecule has 0 aliphatic carbocycles. The molecule has 2 aromatic heterocycles. The Hall–Kier alpha value is -3.10. The predicted molar refractivity (Wildman–Crippen MR) is 93.0 cm³/mol. The van der Waals surface area contributed by atoms with E-state index in [2.05, 4.69) is 20.5 Å². The van der Waals surface area contributed by atoms with Gasteiger partial charge in [-0.25, -0.2) is 4.39 Å². The molecule has 3 heterocycles. The molecule has 4 rings (SSSR count). The lowest BCUT2D eigenvalue weighted by Gasteiger charge is -2.31. The Morgan fingerprint density at radius 3 is 3.00 bits per heavy atom. The minimum atomic E-state index is -0.386. The van der Waals surface area contributed by atoms with E-state index in [4.69, 9.17) is 4.52 Å². The fraction of sp³-hybridized carbons (Fsp3) is 0.389. The summed E-state index contributed by atoms with van der Waals surface area (Å²) in [5.41, 5.74) is 0.661. The summed E-state index contributed by atoms with van der Waals surface area (Å²) >= 11 is 0. The summed E-state index contributed by atoms with van der Waals surface area (Å²) in [6.45, 7) is 1.28. The zero-order chi connectivity index (χ0) is 18.8. The van der Waals surface area contributed by atoms with Crippen molar-refractivity contribution in [1.29, 1.82) is 0 Å². The zero-order valence-electron chi connectivity index (χ0n) is 14.9. The number of carbonyl (C=O) groups excluding carboxylic acids is 1. The normalized spacial score (nSPS) is 17.3. The highest BCUT2D eigenvalue weighted by atomic mass is 19.1. The highest BCUT2D eigenvalue weighted by molar-refractivity contribution is 5.92. The second-order valence-electron chi connectivity index (χ2n) is 6.73. The van der Waals surface area contributed by atoms with E-state index in [-0.39, 0.29) is 23.5 Å². The van der Waals surface area contributed by atoms with Crippen LogP contribution in [0.2, 0.25) is 0 Å². The third-order valence-corrected chi connectivity index (χ3v) is 4.67. The average Bonchev–Trinajstić information content (AvgIpc) is 3.31. The fourth-order valence-corrected chi connectivity index (χ4v) is 3.36. The summed E-state index contributed by atoms with van der Waals surface area (Å²) in [7, 11) is 1.73. The summed E-state index contributed by atoms with van der Waals surface area (Å²) < 4.78 is 20.7. The number of piperidine rings is 1. The van der Waals surface area contributed by atoms with E-state index in [1.54, 1.807) is 36.3 Å².